The van der Waals surface area contributed by atoms with E-state index in [9.17, 15) is 34.8 Å². The maximum absolute atomic E-state index is 13.5. The first kappa shape index (κ1) is 30.6. The van der Waals surface area contributed by atoms with E-state index in [0.717, 1.165) is 0 Å². The molecule has 1 saturated heterocycles. The highest BCUT2D eigenvalue weighted by molar-refractivity contribution is 6.30. The van der Waals surface area contributed by atoms with Crippen LogP contribution in [0.5, 0.6) is 11.5 Å². The number of hydrogen-bond acceptors (Lipinski definition) is 10. The van der Waals surface area contributed by atoms with Crippen molar-refractivity contribution in [2.45, 2.75) is 62.4 Å². The predicted molar refractivity (Wildman–Crippen MR) is 155 cm³/mol. The number of carbonyl (C=O) groups is 3. The second-order valence-corrected chi connectivity index (χ2v) is 11.1. The molecule has 1 amide bonds. The van der Waals surface area contributed by atoms with Gasteiger partial charge in [0.15, 0.2) is 17.9 Å². The van der Waals surface area contributed by atoms with E-state index < -0.39 is 83.6 Å². The molecule has 0 spiro atoms. The zero-order chi connectivity index (χ0) is 29.9. The SMILES string of the molecule is CC1OC(O[C@H]2C[C@](O)(C(=O)Nc3ccccc3)Cc3c(O)c4c(c(O)c32)C(=O)c2ccccc2C4=O)CC(N)C1O.Cl. The fourth-order valence-electron chi connectivity index (χ4n) is 6.10. The van der Waals surface area contributed by atoms with Gasteiger partial charge in [0, 0.05) is 53.2 Å². The minimum absolute atomic E-state index is 0. The molecule has 1 heterocycles. The summed E-state index contributed by atoms with van der Waals surface area (Å²) < 4.78 is 12.0. The quantitative estimate of drug-likeness (QED) is 0.187. The first-order valence-corrected chi connectivity index (χ1v) is 13.6. The third-order valence-corrected chi connectivity index (χ3v) is 8.30. The van der Waals surface area contributed by atoms with Crippen molar-refractivity contribution in [3.63, 3.8) is 0 Å². The van der Waals surface area contributed by atoms with Crippen molar-refractivity contribution in [2.24, 2.45) is 5.73 Å². The highest BCUT2D eigenvalue weighted by Crippen LogP contribution is 2.52. The van der Waals surface area contributed by atoms with Crippen LogP contribution in [0.2, 0.25) is 0 Å². The molecular weight excluding hydrogens is 580 g/mol. The molecule has 2 aliphatic carbocycles. The third kappa shape index (κ3) is 5.07. The summed E-state index contributed by atoms with van der Waals surface area (Å²) in [5, 5.41) is 47.7. The minimum atomic E-state index is -2.17. The molecule has 4 unspecified atom stereocenters. The number of nitrogens with two attached hydrogens (primary N) is 1. The first-order chi connectivity index (χ1) is 20.0. The molecule has 11 nitrogen and oxygen atoms in total. The number of benzene rings is 3. The van der Waals surface area contributed by atoms with Gasteiger partial charge in [-0.2, -0.15) is 0 Å². The number of aliphatic hydroxyl groups excluding tert-OH is 1. The Morgan fingerprint density at radius 3 is 2.19 bits per heavy atom. The van der Waals surface area contributed by atoms with Crippen LogP contribution in [-0.2, 0) is 20.7 Å². The van der Waals surface area contributed by atoms with Crippen LogP contribution < -0.4 is 11.1 Å². The highest BCUT2D eigenvalue weighted by Gasteiger charge is 2.50. The van der Waals surface area contributed by atoms with Gasteiger partial charge in [-0.05, 0) is 19.1 Å². The van der Waals surface area contributed by atoms with Crippen LogP contribution >= 0.6 is 12.4 Å². The Kier molecular flexibility index (Phi) is 8.07. The van der Waals surface area contributed by atoms with Crippen molar-refractivity contribution in [1.82, 2.24) is 0 Å². The number of nitrogens with one attached hydrogen (secondary N) is 1. The number of anilines is 1. The summed E-state index contributed by atoms with van der Waals surface area (Å²) in [6.07, 6.45) is -4.79. The van der Waals surface area contributed by atoms with E-state index in [1.54, 1.807) is 49.4 Å². The number of hydrogen-bond donors (Lipinski definition) is 6. The molecule has 3 aromatic rings. The van der Waals surface area contributed by atoms with E-state index in [1.165, 1.54) is 12.1 Å². The Labute approximate surface area is 252 Å². The van der Waals surface area contributed by atoms with E-state index in [0.29, 0.717) is 5.69 Å². The molecule has 1 aliphatic heterocycles. The van der Waals surface area contributed by atoms with Crippen molar-refractivity contribution in [3.8, 4) is 11.5 Å². The molecule has 3 aromatic carbocycles. The van der Waals surface area contributed by atoms with Crippen LogP contribution in [0.4, 0.5) is 5.69 Å². The van der Waals surface area contributed by atoms with Crippen molar-refractivity contribution >= 4 is 35.6 Å². The fourth-order valence-corrected chi connectivity index (χ4v) is 6.10. The number of ketones is 2. The Hall–Kier alpha value is -3.84. The fraction of sp³-hybridized carbons (Fsp3) is 0.323. The lowest BCUT2D eigenvalue weighted by atomic mass is 9.72. The molecule has 0 bridgehead atoms. The Balaban J connectivity index is 0.00000368. The van der Waals surface area contributed by atoms with E-state index in [4.69, 9.17) is 15.2 Å². The summed E-state index contributed by atoms with van der Waals surface area (Å²) in [5.41, 5.74) is 3.50. The molecule has 7 N–H and O–H groups in total. The van der Waals surface area contributed by atoms with Gasteiger partial charge in [0.05, 0.1) is 29.4 Å². The monoisotopic (exact) mass is 610 g/mol. The van der Waals surface area contributed by atoms with Crippen LogP contribution in [0.25, 0.3) is 0 Å². The molecule has 0 radical (unpaired) electrons. The van der Waals surface area contributed by atoms with E-state index >= 15 is 0 Å². The van der Waals surface area contributed by atoms with Gasteiger partial charge in [-0.1, -0.05) is 42.5 Å². The van der Waals surface area contributed by atoms with Crippen LogP contribution in [0.15, 0.2) is 54.6 Å². The number of aromatic hydroxyl groups is 2. The number of aliphatic hydroxyl groups is 2. The number of amides is 1. The van der Waals surface area contributed by atoms with Gasteiger partial charge in [-0.3, -0.25) is 14.4 Å². The third-order valence-electron chi connectivity index (χ3n) is 8.30. The maximum atomic E-state index is 13.5. The van der Waals surface area contributed by atoms with Crippen LogP contribution in [0.1, 0.15) is 68.8 Å². The molecule has 1 fully saturated rings. The molecule has 3 aliphatic rings. The number of halogens is 1. The second-order valence-electron chi connectivity index (χ2n) is 11.1. The van der Waals surface area contributed by atoms with Crippen LogP contribution in [0.3, 0.4) is 0 Å². The summed E-state index contributed by atoms with van der Waals surface area (Å²) in [6.45, 7) is 1.61. The first-order valence-electron chi connectivity index (χ1n) is 13.6. The standard InChI is InChI=1S/C31H30N2O9.ClH/c1-14-25(34)19(32)11-21(41-14)42-20-13-31(40,30(39)33-15-7-3-2-4-8-15)12-18-22(20)29(38)24-23(28(18)37)26(35)16-9-5-6-10-17(16)27(24)36;/h2-10,14,19-21,25,34,37-38,40H,11-13,32H2,1H3,(H,33,39);1H/t14?,19?,20-,21?,25?,31-;/m0./s1. The topological polar surface area (TPSA) is 189 Å². The van der Waals surface area contributed by atoms with Crippen LogP contribution in [0, 0.1) is 0 Å². The summed E-state index contributed by atoms with van der Waals surface area (Å²) in [7, 11) is 0. The molecule has 6 rings (SSSR count). The van der Waals surface area contributed by atoms with Gasteiger partial charge in [0.1, 0.15) is 17.1 Å². The molecule has 12 heteroatoms. The van der Waals surface area contributed by atoms with E-state index in [1.807, 2.05) is 0 Å². The van der Waals surface area contributed by atoms with Gasteiger partial charge in [0.2, 0.25) is 0 Å². The lowest BCUT2D eigenvalue weighted by Crippen LogP contribution is -2.53. The smallest absolute Gasteiger partial charge is 0.256 e. The van der Waals surface area contributed by atoms with E-state index in [2.05, 4.69) is 5.32 Å². The van der Waals surface area contributed by atoms with Gasteiger partial charge in [0.25, 0.3) is 5.91 Å². The molecule has 0 saturated carbocycles. The Morgan fingerprint density at radius 1 is 1.00 bits per heavy atom. The van der Waals surface area contributed by atoms with Gasteiger partial charge < -0.3 is 41.0 Å². The molecule has 0 aromatic heterocycles. The lowest BCUT2D eigenvalue weighted by Gasteiger charge is -2.42. The van der Waals surface area contributed by atoms with Crippen LogP contribution in [-0.4, -0.2) is 68.0 Å². The number of phenols is 2. The number of ether oxygens (including phenoxy) is 2. The number of carbonyl (C=O) groups excluding carboxylic acids is 3. The zero-order valence-electron chi connectivity index (χ0n) is 23.0. The lowest BCUT2D eigenvalue weighted by molar-refractivity contribution is -0.247. The van der Waals surface area contributed by atoms with Gasteiger partial charge in [-0.15, -0.1) is 12.4 Å². The largest absolute Gasteiger partial charge is 0.507 e. The maximum Gasteiger partial charge on any atom is 0.256 e. The predicted octanol–water partition coefficient (Wildman–Crippen LogP) is 2.49. The molecule has 43 heavy (non-hydrogen) atoms. The summed E-state index contributed by atoms with van der Waals surface area (Å²) in [4.78, 5) is 40.5. The number of fused-ring (bicyclic) bond motifs is 3. The summed E-state index contributed by atoms with van der Waals surface area (Å²) in [6, 6.07) is 13.8. The Bertz CT molecular complexity index is 1600. The summed E-state index contributed by atoms with van der Waals surface area (Å²) in [5.74, 6) is -3.36. The molecule has 6 atom stereocenters. The Morgan fingerprint density at radius 2 is 1.58 bits per heavy atom. The average Bonchev–Trinajstić information content (AvgIpc) is 2.96. The number of phenolic OH excluding ortho intramolecular Hbond substituents is 2. The van der Waals surface area contributed by atoms with Crippen molar-refractivity contribution < 1.29 is 44.3 Å². The normalized spacial score (nSPS) is 27.8. The minimum Gasteiger partial charge on any atom is -0.507 e. The van der Waals surface area contributed by atoms with Crippen molar-refractivity contribution in [2.75, 3.05) is 5.32 Å². The van der Waals surface area contributed by atoms with Gasteiger partial charge >= 0.3 is 0 Å². The van der Waals surface area contributed by atoms with Crippen molar-refractivity contribution in [1.29, 1.82) is 0 Å². The molecular formula is C31H31ClN2O9. The summed E-state index contributed by atoms with van der Waals surface area (Å²) >= 11 is 0. The highest BCUT2D eigenvalue weighted by atomic mass is 35.5. The second kappa shape index (κ2) is 11.3. The van der Waals surface area contributed by atoms with Gasteiger partial charge in [-0.25, -0.2) is 0 Å². The average molecular weight is 611 g/mol. The zero-order valence-corrected chi connectivity index (χ0v) is 23.8. The van der Waals surface area contributed by atoms with E-state index in [-0.39, 0.29) is 46.6 Å². The number of para-hydroxylation sites is 1. The van der Waals surface area contributed by atoms with Crippen molar-refractivity contribution in [3.05, 3.63) is 88.0 Å². The molecule has 226 valence electrons. The number of rotatable bonds is 4.